The quantitative estimate of drug-likeness (QED) is 0.0497. The zero-order chi connectivity index (χ0) is 49.6. The SMILES string of the molecule is NC(=O)c1cc(-c2ccc(F)c(C(=O)O)c2)nc2[nH]nc(-c3cccc(C(=O)NCCOCCOCCNC(=O)c4cccc(-c5n[nH]c6nc(-c7ccc(F)c(C(=O)O)c7)cc(C(N)=O)c56)c4)c3)c12. The number of carbonyl (C=O) groups excluding carboxylic acids is 4. The van der Waals surface area contributed by atoms with Gasteiger partial charge < -0.3 is 41.8 Å². The van der Waals surface area contributed by atoms with Gasteiger partial charge in [0.2, 0.25) is 11.8 Å². The number of ether oxygens (including phenoxy) is 2. The molecule has 8 aromatic rings. The zero-order valence-electron chi connectivity index (χ0n) is 36.3. The summed E-state index contributed by atoms with van der Waals surface area (Å²) in [4.78, 5) is 83.4. The molecule has 0 fully saturated rings. The number of nitrogens with zero attached hydrogens (tertiary/aromatic N) is 4. The van der Waals surface area contributed by atoms with E-state index in [1.54, 1.807) is 48.5 Å². The Labute approximate surface area is 393 Å². The number of amides is 4. The second-order valence-electron chi connectivity index (χ2n) is 15.3. The van der Waals surface area contributed by atoms with E-state index in [2.05, 4.69) is 41.0 Å². The molecular formula is C48H38F2N10O10. The van der Waals surface area contributed by atoms with Gasteiger partial charge in [0.15, 0.2) is 11.3 Å². The van der Waals surface area contributed by atoms with E-state index in [-0.39, 0.29) is 118 Å². The van der Waals surface area contributed by atoms with Crippen LogP contribution < -0.4 is 22.1 Å². The molecule has 4 heterocycles. The number of pyridine rings is 2. The van der Waals surface area contributed by atoms with Crippen LogP contribution >= 0.6 is 0 Å². The van der Waals surface area contributed by atoms with Gasteiger partial charge in [0.1, 0.15) is 23.0 Å². The minimum atomic E-state index is -1.47. The number of nitrogens with one attached hydrogen (secondary N) is 4. The Kier molecular flexibility index (Phi) is 13.7. The van der Waals surface area contributed by atoms with Gasteiger partial charge in [-0.3, -0.25) is 29.4 Å². The Hall–Kier alpha value is -9.28. The fourth-order valence-electron chi connectivity index (χ4n) is 7.48. The number of carbonyl (C=O) groups is 6. The Bertz CT molecular complexity index is 3190. The minimum absolute atomic E-state index is 0.0138. The first-order valence-corrected chi connectivity index (χ1v) is 21.1. The summed E-state index contributed by atoms with van der Waals surface area (Å²) in [5.41, 5.74) is 13.5. The number of benzene rings is 4. The lowest BCUT2D eigenvalue weighted by molar-refractivity contribution is 0.0486. The number of halogens is 2. The molecule has 4 amide bonds. The summed E-state index contributed by atoms with van der Waals surface area (Å²) in [6.07, 6.45) is 0. The van der Waals surface area contributed by atoms with Crippen LogP contribution in [0.2, 0.25) is 0 Å². The van der Waals surface area contributed by atoms with E-state index in [9.17, 15) is 47.8 Å². The van der Waals surface area contributed by atoms with E-state index in [0.717, 1.165) is 24.3 Å². The van der Waals surface area contributed by atoms with Crippen LogP contribution in [0, 0.1) is 11.6 Å². The van der Waals surface area contributed by atoms with E-state index in [1.165, 1.54) is 24.3 Å². The Balaban J connectivity index is 0.797. The fraction of sp³-hybridized carbons (Fsp3) is 0.125. The molecule has 0 radical (unpaired) electrons. The van der Waals surface area contributed by atoms with E-state index < -0.39 is 58.3 Å². The molecule has 0 atom stereocenters. The first-order valence-electron chi connectivity index (χ1n) is 21.1. The zero-order valence-corrected chi connectivity index (χ0v) is 36.3. The molecule has 0 aliphatic heterocycles. The van der Waals surface area contributed by atoms with Crippen molar-refractivity contribution in [3.8, 4) is 45.0 Å². The summed E-state index contributed by atoms with van der Waals surface area (Å²) in [5, 5.41) is 39.0. The standard InChI is InChI=1S/C48H38F2N10O10/c49-33-9-7-23(19-29(33)47(65)66)35-21-31(41(51)61)37-39(57-59-43(37)55-35)25-3-1-5-27(17-25)45(63)53-11-13-69-15-16-70-14-12-54-46(64)28-6-2-4-26(18-28)40-38-32(42(52)62)22-36(56-44(38)60-58-40)24-8-10-34(50)30(20-24)48(67)68/h1-10,17-22H,11-16H2,(H2,51,61)(H2,52,62)(H,53,63)(H,54,64)(H,65,66)(H,67,68)(H,55,57,59)(H,56,58,60). The monoisotopic (exact) mass is 952 g/mol. The Morgan fingerprint density at radius 1 is 0.529 bits per heavy atom. The summed E-state index contributed by atoms with van der Waals surface area (Å²) >= 11 is 0. The molecule has 8 rings (SSSR count). The molecule has 0 aliphatic carbocycles. The van der Waals surface area contributed by atoms with E-state index in [1.807, 2.05) is 0 Å². The topological polar surface area (TPSA) is 321 Å². The van der Waals surface area contributed by atoms with Crippen molar-refractivity contribution in [2.45, 2.75) is 0 Å². The molecule has 70 heavy (non-hydrogen) atoms. The molecule has 354 valence electrons. The first kappa shape index (κ1) is 47.2. The fourth-order valence-corrected chi connectivity index (χ4v) is 7.48. The third-order valence-corrected chi connectivity index (χ3v) is 10.8. The number of hydrogen-bond donors (Lipinski definition) is 8. The molecule has 0 aliphatic rings. The molecule has 0 saturated carbocycles. The molecule has 10 N–H and O–H groups in total. The third-order valence-electron chi connectivity index (χ3n) is 10.8. The summed E-state index contributed by atoms with van der Waals surface area (Å²) in [6.45, 7) is 1.04. The first-order chi connectivity index (χ1) is 33.7. The number of primary amides is 2. The normalized spacial score (nSPS) is 11.2. The maximum Gasteiger partial charge on any atom is 0.338 e. The maximum atomic E-state index is 14.1. The highest BCUT2D eigenvalue weighted by molar-refractivity contribution is 6.12. The van der Waals surface area contributed by atoms with Crippen molar-refractivity contribution < 1.29 is 57.2 Å². The lowest BCUT2D eigenvalue weighted by Crippen LogP contribution is -2.28. The van der Waals surface area contributed by atoms with Gasteiger partial charge in [0, 0.05) is 46.5 Å². The van der Waals surface area contributed by atoms with Crippen molar-refractivity contribution in [3.05, 3.63) is 142 Å². The van der Waals surface area contributed by atoms with Crippen LogP contribution in [0.5, 0.6) is 0 Å². The summed E-state index contributed by atoms with van der Waals surface area (Å²) in [5.74, 6) is -7.28. The third kappa shape index (κ3) is 10.0. The number of aromatic carboxylic acids is 2. The largest absolute Gasteiger partial charge is 0.478 e. The lowest BCUT2D eigenvalue weighted by Gasteiger charge is -2.10. The number of aromatic amines is 2. The van der Waals surface area contributed by atoms with Crippen molar-refractivity contribution in [2.75, 3.05) is 39.5 Å². The molecule has 4 aromatic carbocycles. The maximum absolute atomic E-state index is 14.1. The van der Waals surface area contributed by atoms with Crippen molar-refractivity contribution in [3.63, 3.8) is 0 Å². The Morgan fingerprint density at radius 2 is 0.943 bits per heavy atom. The number of carboxylic acid groups (broad SMARTS) is 2. The molecule has 0 saturated heterocycles. The molecule has 22 heteroatoms. The lowest BCUT2D eigenvalue weighted by atomic mass is 10.00. The number of rotatable bonds is 19. The van der Waals surface area contributed by atoms with Crippen molar-refractivity contribution >= 4 is 57.6 Å². The molecule has 20 nitrogen and oxygen atoms in total. The van der Waals surface area contributed by atoms with Crippen molar-refractivity contribution in [2.24, 2.45) is 11.5 Å². The van der Waals surface area contributed by atoms with Crippen molar-refractivity contribution in [1.29, 1.82) is 0 Å². The number of hydrogen-bond acceptors (Lipinski definition) is 12. The van der Waals surface area contributed by atoms with E-state index in [0.29, 0.717) is 11.1 Å². The molecule has 4 aromatic heterocycles. The predicted molar refractivity (Wildman–Crippen MR) is 247 cm³/mol. The van der Waals surface area contributed by atoms with Crippen LogP contribution in [0.25, 0.3) is 67.1 Å². The second-order valence-corrected chi connectivity index (χ2v) is 15.3. The number of H-pyrrole nitrogens is 2. The van der Waals surface area contributed by atoms with E-state index >= 15 is 0 Å². The van der Waals surface area contributed by atoms with Gasteiger partial charge in [-0.1, -0.05) is 24.3 Å². The highest BCUT2D eigenvalue weighted by Crippen LogP contribution is 2.34. The molecule has 0 spiro atoms. The van der Waals surface area contributed by atoms with Gasteiger partial charge >= 0.3 is 11.9 Å². The predicted octanol–water partition coefficient (Wildman–Crippen LogP) is 4.96. The smallest absolute Gasteiger partial charge is 0.338 e. The number of fused-ring (bicyclic) bond motifs is 2. The highest BCUT2D eigenvalue weighted by atomic mass is 19.1. The van der Waals surface area contributed by atoms with Crippen LogP contribution in [0.3, 0.4) is 0 Å². The van der Waals surface area contributed by atoms with Gasteiger partial charge in [-0.25, -0.2) is 28.3 Å². The van der Waals surface area contributed by atoms with Gasteiger partial charge in [-0.2, -0.15) is 10.2 Å². The molecular weight excluding hydrogens is 915 g/mol. The van der Waals surface area contributed by atoms with Crippen LogP contribution in [0.1, 0.15) is 62.1 Å². The van der Waals surface area contributed by atoms with E-state index in [4.69, 9.17) is 20.9 Å². The van der Waals surface area contributed by atoms with Crippen LogP contribution in [-0.2, 0) is 9.47 Å². The van der Waals surface area contributed by atoms with Crippen LogP contribution in [0.4, 0.5) is 8.78 Å². The van der Waals surface area contributed by atoms with Crippen LogP contribution in [-0.4, -0.2) is 116 Å². The van der Waals surface area contributed by atoms with Crippen LogP contribution in [0.15, 0.2) is 97.1 Å². The Morgan fingerprint density at radius 3 is 1.33 bits per heavy atom. The highest BCUT2D eigenvalue weighted by Gasteiger charge is 2.23. The summed E-state index contributed by atoms with van der Waals surface area (Å²) < 4.78 is 39.3. The number of carboxylic acids is 2. The molecule has 0 unspecified atom stereocenters. The van der Waals surface area contributed by atoms with Gasteiger partial charge in [-0.15, -0.1) is 0 Å². The van der Waals surface area contributed by atoms with Gasteiger partial charge in [0.25, 0.3) is 11.8 Å². The summed E-state index contributed by atoms with van der Waals surface area (Å²) in [7, 11) is 0. The molecule has 0 bridgehead atoms. The summed E-state index contributed by atoms with van der Waals surface area (Å²) in [6, 6.07) is 22.5. The van der Waals surface area contributed by atoms with Crippen molar-refractivity contribution in [1.82, 2.24) is 41.0 Å². The van der Waals surface area contributed by atoms with Gasteiger partial charge in [-0.05, 0) is 72.8 Å². The number of nitrogens with two attached hydrogens (primary N) is 2. The minimum Gasteiger partial charge on any atom is -0.478 e. The number of aromatic nitrogens is 6. The second kappa shape index (κ2) is 20.3. The average molecular weight is 953 g/mol. The van der Waals surface area contributed by atoms with Gasteiger partial charge in [0.05, 0.1) is 70.8 Å². The average Bonchev–Trinajstić information content (AvgIpc) is 3.99.